The molecule has 1 aromatic carbocycles. The number of nitrogens with zero attached hydrogens (tertiary/aromatic N) is 1. The topological polar surface area (TPSA) is 127 Å². The Balaban J connectivity index is 2.18. The van der Waals surface area contributed by atoms with Crippen LogP contribution < -0.4 is 4.72 Å². The summed E-state index contributed by atoms with van der Waals surface area (Å²) in [5, 5.41) is 19.1. The van der Waals surface area contributed by atoms with E-state index in [1.807, 2.05) is 0 Å². The highest BCUT2D eigenvalue weighted by Gasteiger charge is 2.31. The van der Waals surface area contributed by atoms with Crippen molar-refractivity contribution in [3.63, 3.8) is 0 Å². The van der Waals surface area contributed by atoms with Crippen molar-refractivity contribution in [3.05, 3.63) is 33.1 Å². The summed E-state index contributed by atoms with van der Waals surface area (Å²) in [5.41, 5.74) is -0.727. The number of rotatable bonds is 5. The van der Waals surface area contributed by atoms with Gasteiger partial charge in [-0.1, -0.05) is 11.6 Å². The first-order valence-electron chi connectivity index (χ1n) is 7.00. The van der Waals surface area contributed by atoms with Crippen LogP contribution in [0.25, 0.3) is 0 Å². The summed E-state index contributed by atoms with van der Waals surface area (Å²) in [6.45, 7) is 0. The van der Waals surface area contributed by atoms with Crippen molar-refractivity contribution in [1.82, 2.24) is 4.72 Å². The average Bonchev–Trinajstić information content (AvgIpc) is 2.49. The van der Waals surface area contributed by atoms with Gasteiger partial charge < -0.3 is 5.11 Å². The maximum atomic E-state index is 13.9. The summed E-state index contributed by atoms with van der Waals surface area (Å²) in [7, 11) is -4.27. The Morgan fingerprint density at radius 2 is 1.92 bits per heavy atom. The number of carbonyl (C=O) groups is 1. The van der Waals surface area contributed by atoms with Crippen LogP contribution in [0.3, 0.4) is 0 Å². The van der Waals surface area contributed by atoms with Crippen LogP contribution in [-0.4, -0.2) is 30.5 Å². The molecule has 0 amide bonds. The average molecular weight is 381 g/mol. The zero-order valence-corrected chi connectivity index (χ0v) is 13.8. The Kier molecular flexibility index (Phi) is 5.41. The largest absolute Gasteiger partial charge is 0.481 e. The number of carboxylic acids is 1. The molecule has 1 saturated carbocycles. The third-order valence-corrected chi connectivity index (χ3v) is 5.72. The van der Waals surface area contributed by atoms with Crippen molar-refractivity contribution in [1.29, 1.82) is 0 Å². The third kappa shape index (κ3) is 4.00. The summed E-state index contributed by atoms with van der Waals surface area (Å²) < 4.78 is 40.8. The predicted molar refractivity (Wildman–Crippen MR) is 81.8 cm³/mol. The highest BCUT2D eigenvalue weighted by Crippen LogP contribution is 2.31. The number of benzene rings is 1. The molecule has 0 aromatic heterocycles. The Bertz CT molecular complexity index is 777. The molecule has 0 atom stereocenters. The van der Waals surface area contributed by atoms with Gasteiger partial charge >= 0.3 is 5.97 Å². The molecule has 11 heteroatoms. The van der Waals surface area contributed by atoms with E-state index < -0.39 is 54.3 Å². The molecule has 0 saturated heterocycles. The molecule has 2 N–H and O–H groups in total. The first-order valence-corrected chi connectivity index (χ1v) is 8.86. The van der Waals surface area contributed by atoms with Crippen molar-refractivity contribution in [2.24, 2.45) is 5.92 Å². The van der Waals surface area contributed by atoms with Crippen molar-refractivity contribution in [2.45, 2.75) is 36.6 Å². The van der Waals surface area contributed by atoms with Gasteiger partial charge in [-0.2, -0.15) is 0 Å². The molecule has 0 radical (unpaired) electrons. The summed E-state index contributed by atoms with van der Waals surface area (Å²) in [6.07, 6.45) is 1.23. The summed E-state index contributed by atoms with van der Waals surface area (Å²) in [4.78, 5) is 19.9. The number of aliphatic carboxylic acids is 1. The number of nitro benzene ring substituents is 1. The molecule has 1 aromatic rings. The number of carboxylic acid groups (broad SMARTS) is 1. The van der Waals surface area contributed by atoms with Crippen molar-refractivity contribution < 1.29 is 27.6 Å². The number of nitrogens with one attached hydrogen (secondary N) is 1. The predicted octanol–water partition coefficient (Wildman–Crippen LogP) is 2.31. The lowest BCUT2D eigenvalue weighted by Crippen LogP contribution is -2.39. The van der Waals surface area contributed by atoms with Gasteiger partial charge in [0, 0.05) is 6.04 Å². The molecule has 2 rings (SSSR count). The van der Waals surface area contributed by atoms with Crippen LogP contribution in [0.4, 0.5) is 10.1 Å². The van der Waals surface area contributed by atoms with Gasteiger partial charge in [-0.3, -0.25) is 14.9 Å². The fourth-order valence-corrected chi connectivity index (χ4v) is 4.29. The van der Waals surface area contributed by atoms with E-state index in [0.717, 1.165) is 0 Å². The van der Waals surface area contributed by atoms with Gasteiger partial charge in [-0.25, -0.2) is 17.5 Å². The number of hydrogen-bond donors (Lipinski definition) is 2. The fraction of sp³-hybridized carbons (Fsp3) is 0.462. The third-order valence-electron chi connectivity index (χ3n) is 3.89. The SMILES string of the molecule is O=C(O)C1CCC(NS(=O)(=O)c2cc(Cl)c([N+](=O)[O-])cc2F)CC1. The molecular weight excluding hydrogens is 367 g/mol. The summed E-state index contributed by atoms with van der Waals surface area (Å²) in [6, 6.07) is 0.623. The van der Waals surface area contributed by atoms with E-state index in [1.165, 1.54) is 0 Å². The molecule has 1 aliphatic carbocycles. The lowest BCUT2D eigenvalue weighted by atomic mass is 9.87. The number of sulfonamides is 1. The zero-order chi connectivity index (χ0) is 18.1. The fourth-order valence-electron chi connectivity index (χ4n) is 2.61. The summed E-state index contributed by atoms with van der Waals surface area (Å²) in [5.74, 6) is -2.72. The van der Waals surface area contributed by atoms with Crippen molar-refractivity contribution in [3.8, 4) is 0 Å². The van der Waals surface area contributed by atoms with E-state index in [-0.39, 0.29) is 0 Å². The van der Waals surface area contributed by atoms with Crippen molar-refractivity contribution >= 4 is 33.3 Å². The molecule has 0 heterocycles. The zero-order valence-electron chi connectivity index (χ0n) is 12.2. The minimum atomic E-state index is -4.27. The van der Waals surface area contributed by atoms with E-state index in [4.69, 9.17) is 16.7 Å². The second kappa shape index (κ2) is 6.99. The first kappa shape index (κ1) is 18.6. The van der Waals surface area contributed by atoms with E-state index in [1.54, 1.807) is 0 Å². The molecule has 132 valence electrons. The molecule has 0 spiro atoms. The van der Waals surface area contributed by atoms with Gasteiger partial charge in [0.15, 0.2) is 0 Å². The lowest BCUT2D eigenvalue weighted by molar-refractivity contribution is -0.384. The molecule has 1 aliphatic rings. The first-order chi connectivity index (χ1) is 11.1. The number of hydrogen-bond acceptors (Lipinski definition) is 5. The molecular formula is C13H14ClFN2O6S. The smallest absolute Gasteiger partial charge is 0.306 e. The van der Waals surface area contributed by atoms with Crippen molar-refractivity contribution in [2.75, 3.05) is 0 Å². The molecule has 0 aliphatic heterocycles. The highest BCUT2D eigenvalue weighted by molar-refractivity contribution is 7.89. The van der Waals surface area contributed by atoms with Crippen LogP contribution in [0.2, 0.25) is 5.02 Å². The van der Waals surface area contributed by atoms with Crippen LogP contribution in [0.5, 0.6) is 0 Å². The highest BCUT2D eigenvalue weighted by atomic mass is 35.5. The van der Waals surface area contributed by atoms with E-state index in [9.17, 15) is 27.7 Å². The van der Waals surface area contributed by atoms with Crippen LogP contribution in [0.1, 0.15) is 25.7 Å². The normalized spacial score (nSPS) is 21.4. The van der Waals surface area contributed by atoms with Gasteiger partial charge in [-0.05, 0) is 31.7 Å². The minimum absolute atomic E-state index is 0.304. The lowest BCUT2D eigenvalue weighted by Gasteiger charge is -2.26. The standard InChI is InChI=1S/C13H14ClFN2O6S/c14-9-5-12(10(15)6-11(9)17(20)21)24(22,23)16-8-3-1-7(2-4-8)13(18)19/h5-8,16H,1-4H2,(H,18,19). The second-order valence-corrected chi connectivity index (χ2v) is 7.59. The monoisotopic (exact) mass is 380 g/mol. The number of halogens is 2. The van der Waals surface area contributed by atoms with E-state index in [0.29, 0.717) is 37.8 Å². The van der Waals surface area contributed by atoms with Gasteiger partial charge in [0.25, 0.3) is 5.69 Å². The number of nitro groups is 1. The molecule has 24 heavy (non-hydrogen) atoms. The van der Waals surface area contributed by atoms with Gasteiger partial charge in [0.05, 0.1) is 16.9 Å². The van der Waals surface area contributed by atoms with Gasteiger partial charge in [0.2, 0.25) is 10.0 Å². The maximum absolute atomic E-state index is 13.9. The minimum Gasteiger partial charge on any atom is -0.481 e. The Morgan fingerprint density at radius 3 is 2.42 bits per heavy atom. The van der Waals surface area contributed by atoms with Crippen LogP contribution >= 0.6 is 11.6 Å². The van der Waals surface area contributed by atoms with Gasteiger partial charge in [-0.15, -0.1) is 0 Å². The quantitative estimate of drug-likeness (QED) is 0.596. The molecule has 0 bridgehead atoms. The van der Waals surface area contributed by atoms with E-state index in [2.05, 4.69) is 4.72 Å². The van der Waals surface area contributed by atoms with Crippen LogP contribution in [0, 0.1) is 21.8 Å². The molecule has 8 nitrogen and oxygen atoms in total. The van der Waals surface area contributed by atoms with Crippen LogP contribution in [0.15, 0.2) is 17.0 Å². The van der Waals surface area contributed by atoms with Gasteiger partial charge in [0.1, 0.15) is 15.7 Å². The second-order valence-electron chi connectivity index (χ2n) is 5.50. The van der Waals surface area contributed by atoms with E-state index >= 15 is 0 Å². The maximum Gasteiger partial charge on any atom is 0.306 e. The van der Waals surface area contributed by atoms with Crippen LogP contribution in [-0.2, 0) is 14.8 Å². The Labute approximate surface area is 141 Å². The molecule has 1 fully saturated rings. The summed E-state index contributed by atoms with van der Waals surface area (Å²) >= 11 is 5.63. The Hall–Kier alpha value is -1.78. The molecule has 0 unspecified atom stereocenters. The Morgan fingerprint density at radius 1 is 1.33 bits per heavy atom.